The first-order valence-corrected chi connectivity index (χ1v) is 6.33. The maximum atomic E-state index is 5.63. The van der Waals surface area contributed by atoms with Crippen molar-refractivity contribution in [3.63, 3.8) is 0 Å². The third kappa shape index (κ3) is 4.52. The van der Waals surface area contributed by atoms with E-state index in [-0.39, 0.29) is 0 Å². The first-order chi connectivity index (χ1) is 7.04. The second-order valence-electron chi connectivity index (χ2n) is 5.77. The summed E-state index contributed by atoms with van der Waals surface area (Å²) >= 11 is 0. The zero-order chi connectivity index (χ0) is 11.3. The fourth-order valence-corrected chi connectivity index (χ4v) is 2.43. The first kappa shape index (κ1) is 13.0. The maximum Gasteiger partial charge on any atom is 0.0576 e. The van der Waals surface area contributed by atoms with Crippen LogP contribution in [0.2, 0.25) is 0 Å². The summed E-state index contributed by atoms with van der Waals surface area (Å²) in [5.41, 5.74) is 0.366. The predicted octanol–water partition coefficient (Wildman–Crippen LogP) is 2.97. The van der Waals surface area contributed by atoms with Crippen LogP contribution < -0.4 is 5.32 Å². The average molecular weight is 213 g/mol. The van der Waals surface area contributed by atoms with Crippen LogP contribution in [0.5, 0.6) is 0 Å². The topological polar surface area (TPSA) is 21.3 Å². The second-order valence-corrected chi connectivity index (χ2v) is 5.77. The lowest BCUT2D eigenvalue weighted by molar-refractivity contribution is 0.0995. The van der Waals surface area contributed by atoms with Gasteiger partial charge in [-0.2, -0.15) is 0 Å². The van der Waals surface area contributed by atoms with E-state index in [1.807, 2.05) is 0 Å². The first-order valence-electron chi connectivity index (χ1n) is 6.33. The Balaban J connectivity index is 2.16. The molecule has 0 spiro atoms. The number of ether oxygens (including phenoxy) is 1. The molecular weight excluding hydrogens is 186 g/mol. The Morgan fingerprint density at radius 1 is 1.40 bits per heavy atom. The molecule has 1 heterocycles. The standard InChI is InChI=1S/C13H27NO/c1-13(2,3)12(14-4)9-5-7-11-8-6-10-15-11/h11-12,14H,5-10H2,1-4H3. The van der Waals surface area contributed by atoms with Gasteiger partial charge in [-0.05, 0) is 44.6 Å². The minimum atomic E-state index is 0.366. The quantitative estimate of drug-likeness (QED) is 0.758. The highest BCUT2D eigenvalue weighted by Gasteiger charge is 2.23. The molecule has 1 N–H and O–H groups in total. The number of rotatable bonds is 5. The second kappa shape index (κ2) is 5.86. The fourth-order valence-electron chi connectivity index (χ4n) is 2.43. The van der Waals surface area contributed by atoms with Gasteiger partial charge in [-0.25, -0.2) is 0 Å². The third-order valence-corrected chi connectivity index (χ3v) is 3.44. The van der Waals surface area contributed by atoms with Crippen LogP contribution in [0.25, 0.3) is 0 Å². The van der Waals surface area contributed by atoms with E-state index in [0.29, 0.717) is 17.6 Å². The van der Waals surface area contributed by atoms with Crippen molar-refractivity contribution in [2.45, 2.75) is 65.0 Å². The van der Waals surface area contributed by atoms with Gasteiger partial charge < -0.3 is 10.1 Å². The van der Waals surface area contributed by atoms with Gasteiger partial charge in [0.1, 0.15) is 0 Å². The van der Waals surface area contributed by atoms with Crippen LogP contribution in [0.1, 0.15) is 52.9 Å². The molecule has 1 saturated heterocycles. The van der Waals surface area contributed by atoms with E-state index < -0.39 is 0 Å². The van der Waals surface area contributed by atoms with Gasteiger partial charge in [0.2, 0.25) is 0 Å². The summed E-state index contributed by atoms with van der Waals surface area (Å²) in [5.74, 6) is 0. The van der Waals surface area contributed by atoms with E-state index >= 15 is 0 Å². The van der Waals surface area contributed by atoms with Crippen LogP contribution in [-0.2, 0) is 4.74 Å². The number of hydrogen-bond donors (Lipinski definition) is 1. The van der Waals surface area contributed by atoms with E-state index in [2.05, 4.69) is 33.1 Å². The van der Waals surface area contributed by atoms with Crippen molar-refractivity contribution in [2.75, 3.05) is 13.7 Å². The van der Waals surface area contributed by atoms with Gasteiger partial charge in [-0.3, -0.25) is 0 Å². The van der Waals surface area contributed by atoms with E-state index in [9.17, 15) is 0 Å². The maximum absolute atomic E-state index is 5.63. The van der Waals surface area contributed by atoms with Crippen LogP contribution in [0.3, 0.4) is 0 Å². The van der Waals surface area contributed by atoms with E-state index in [4.69, 9.17) is 4.74 Å². The minimum Gasteiger partial charge on any atom is -0.378 e. The summed E-state index contributed by atoms with van der Waals surface area (Å²) in [6.07, 6.45) is 6.89. The van der Waals surface area contributed by atoms with Crippen molar-refractivity contribution in [3.05, 3.63) is 0 Å². The van der Waals surface area contributed by atoms with Crippen LogP contribution in [0.15, 0.2) is 0 Å². The Labute approximate surface area is 94.8 Å². The summed E-state index contributed by atoms with van der Waals surface area (Å²) in [6.45, 7) is 7.90. The Kier molecular flexibility index (Phi) is 5.07. The van der Waals surface area contributed by atoms with E-state index in [1.165, 1.54) is 32.1 Å². The number of nitrogens with one attached hydrogen (secondary N) is 1. The van der Waals surface area contributed by atoms with Crippen LogP contribution in [-0.4, -0.2) is 25.8 Å². The number of hydrogen-bond acceptors (Lipinski definition) is 2. The molecule has 0 aromatic carbocycles. The van der Waals surface area contributed by atoms with Crippen LogP contribution in [0.4, 0.5) is 0 Å². The fraction of sp³-hybridized carbons (Fsp3) is 1.00. The third-order valence-electron chi connectivity index (χ3n) is 3.44. The van der Waals surface area contributed by atoms with Crippen molar-refractivity contribution in [3.8, 4) is 0 Å². The summed E-state index contributed by atoms with van der Waals surface area (Å²) in [5, 5.41) is 3.43. The van der Waals surface area contributed by atoms with Gasteiger partial charge in [-0.1, -0.05) is 20.8 Å². The SMILES string of the molecule is CNC(CCCC1CCCO1)C(C)(C)C. The molecule has 2 unspecified atom stereocenters. The molecule has 2 atom stereocenters. The van der Waals surface area contributed by atoms with E-state index in [0.717, 1.165) is 6.61 Å². The molecule has 0 amide bonds. The van der Waals surface area contributed by atoms with Crippen molar-refractivity contribution in [1.82, 2.24) is 5.32 Å². The molecule has 0 saturated carbocycles. The molecule has 90 valence electrons. The zero-order valence-electron chi connectivity index (χ0n) is 10.8. The molecule has 0 bridgehead atoms. The van der Waals surface area contributed by atoms with Gasteiger partial charge >= 0.3 is 0 Å². The predicted molar refractivity (Wildman–Crippen MR) is 65.1 cm³/mol. The van der Waals surface area contributed by atoms with Crippen LogP contribution >= 0.6 is 0 Å². The summed E-state index contributed by atoms with van der Waals surface area (Å²) < 4.78 is 5.63. The Hall–Kier alpha value is -0.0800. The Bertz CT molecular complexity index is 168. The molecular formula is C13H27NO. The van der Waals surface area contributed by atoms with E-state index in [1.54, 1.807) is 0 Å². The molecule has 15 heavy (non-hydrogen) atoms. The lowest BCUT2D eigenvalue weighted by atomic mass is 9.83. The molecule has 0 aliphatic carbocycles. The largest absolute Gasteiger partial charge is 0.378 e. The molecule has 0 aromatic rings. The highest BCUT2D eigenvalue weighted by molar-refractivity contribution is 4.79. The van der Waals surface area contributed by atoms with Crippen molar-refractivity contribution >= 4 is 0 Å². The van der Waals surface area contributed by atoms with Gasteiger partial charge in [0.15, 0.2) is 0 Å². The Morgan fingerprint density at radius 2 is 2.13 bits per heavy atom. The van der Waals surface area contributed by atoms with Gasteiger partial charge in [0.05, 0.1) is 6.10 Å². The summed E-state index contributed by atoms with van der Waals surface area (Å²) in [6, 6.07) is 0.624. The van der Waals surface area contributed by atoms with Crippen molar-refractivity contribution in [1.29, 1.82) is 0 Å². The lowest BCUT2D eigenvalue weighted by Crippen LogP contribution is -2.38. The molecule has 1 aliphatic heterocycles. The van der Waals surface area contributed by atoms with Gasteiger partial charge in [0, 0.05) is 12.6 Å². The van der Waals surface area contributed by atoms with Crippen molar-refractivity contribution in [2.24, 2.45) is 5.41 Å². The molecule has 2 nitrogen and oxygen atoms in total. The van der Waals surface area contributed by atoms with Crippen molar-refractivity contribution < 1.29 is 4.74 Å². The zero-order valence-corrected chi connectivity index (χ0v) is 10.8. The average Bonchev–Trinajstić information content (AvgIpc) is 2.62. The smallest absolute Gasteiger partial charge is 0.0576 e. The molecule has 1 fully saturated rings. The normalized spacial score (nSPS) is 24.4. The molecule has 1 aliphatic rings. The van der Waals surface area contributed by atoms with Crippen LogP contribution in [0, 0.1) is 5.41 Å². The molecule has 1 rings (SSSR count). The minimum absolute atomic E-state index is 0.366. The molecule has 0 aromatic heterocycles. The lowest BCUT2D eigenvalue weighted by Gasteiger charge is -2.30. The summed E-state index contributed by atoms with van der Waals surface area (Å²) in [4.78, 5) is 0. The van der Waals surface area contributed by atoms with Gasteiger partial charge in [-0.15, -0.1) is 0 Å². The highest BCUT2D eigenvalue weighted by atomic mass is 16.5. The van der Waals surface area contributed by atoms with Gasteiger partial charge in [0.25, 0.3) is 0 Å². The summed E-state index contributed by atoms with van der Waals surface area (Å²) in [7, 11) is 2.07. The monoisotopic (exact) mass is 213 g/mol. The molecule has 0 radical (unpaired) electrons. The highest BCUT2D eigenvalue weighted by Crippen LogP contribution is 2.25. The Morgan fingerprint density at radius 3 is 2.60 bits per heavy atom. The molecule has 2 heteroatoms.